The van der Waals surface area contributed by atoms with Crippen LogP contribution in [0, 0.1) is 0 Å². The molecule has 0 radical (unpaired) electrons. The second kappa shape index (κ2) is 8.87. The minimum absolute atomic E-state index is 0.502. The molecule has 2 aromatic carbocycles. The number of methoxy groups -OCH3 is 1. The lowest BCUT2D eigenvalue weighted by Crippen LogP contribution is -2.31. The summed E-state index contributed by atoms with van der Waals surface area (Å²) in [5, 5.41) is 4.59. The van der Waals surface area contributed by atoms with E-state index in [1.165, 1.54) is 5.52 Å². The summed E-state index contributed by atoms with van der Waals surface area (Å²) < 4.78 is 7.64. The Morgan fingerprint density at radius 2 is 2.00 bits per heavy atom. The number of nitrogens with zero attached hydrogens (tertiary/aromatic N) is 5. The number of hydrogen-bond donors (Lipinski definition) is 2. The maximum absolute atomic E-state index is 6.28. The number of nitrogens with two attached hydrogens (primary N) is 1. The van der Waals surface area contributed by atoms with Crippen molar-refractivity contribution in [3.8, 4) is 17.0 Å². The summed E-state index contributed by atoms with van der Waals surface area (Å²) in [5.74, 6) is 1.19. The molecule has 2 aromatic heterocycles. The highest BCUT2D eigenvalue weighted by molar-refractivity contribution is 5.95. The molecule has 3 heterocycles. The van der Waals surface area contributed by atoms with Crippen LogP contribution in [0.15, 0.2) is 54.9 Å². The van der Waals surface area contributed by atoms with Crippen molar-refractivity contribution in [2.75, 3.05) is 50.2 Å². The molecule has 0 amide bonds. The molecule has 4 aromatic rings. The Bertz CT molecular complexity index is 1330. The number of rotatable bonds is 6. The molecular formula is C26H31N7O. The van der Waals surface area contributed by atoms with E-state index in [2.05, 4.69) is 70.2 Å². The lowest BCUT2D eigenvalue weighted by atomic mass is 10.1. The molecule has 34 heavy (non-hydrogen) atoms. The van der Waals surface area contributed by atoms with Crippen molar-refractivity contribution in [2.24, 2.45) is 7.05 Å². The molecule has 0 spiro atoms. The highest BCUT2D eigenvalue weighted by atomic mass is 16.5. The Balaban J connectivity index is 1.51. The molecule has 0 bridgehead atoms. The maximum atomic E-state index is 6.28. The van der Waals surface area contributed by atoms with Crippen molar-refractivity contribution >= 4 is 33.9 Å². The van der Waals surface area contributed by atoms with Gasteiger partial charge in [0, 0.05) is 61.1 Å². The number of aromatic nitrogens is 3. The first-order valence-electron chi connectivity index (χ1n) is 11.5. The monoisotopic (exact) mass is 457 g/mol. The van der Waals surface area contributed by atoms with Crippen LogP contribution in [0.25, 0.3) is 22.2 Å². The average molecular weight is 458 g/mol. The predicted octanol–water partition coefficient (Wildman–Crippen LogP) is 4.11. The summed E-state index contributed by atoms with van der Waals surface area (Å²) in [5.41, 5.74) is 11.9. The molecular weight excluding hydrogens is 426 g/mol. The largest absolute Gasteiger partial charge is 0.495 e. The standard InChI is InChI=1S/C26H31N7O/c1-31(2)17-10-12-33(15-17)24-14-25(34-4)20(27)13-22(24)30-26-28-11-9-21(29-26)19-16-32(3)23-8-6-5-7-18(19)23/h5-9,11,13-14,16-17H,10,12,15,27H2,1-4H3,(H,28,29,30)/t17-/m0/s1. The van der Waals surface area contributed by atoms with Gasteiger partial charge in [0.05, 0.1) is 29.9 Å². The summed E-state index contributed by atoms with van der Waals surface area (Å²) in [4.78, 5) is 14.0. The first-order valence-corrected chi connectivity index (χ1v) is 11.5. The van der Waals surface area contributed by atoms with Crippen molar-refractivity contribution in [1.82, 2.24) is 19.4 Å². The highest BCUT2D eigenvalue weighted by Crippen LogP contribution is 2.38. The Labute approximate surface area is 200 Å². The van der Waals surface area contributed by atoms with Crippen LogP contribution in [0.4, 0.5) is 23.0 Å². The third-order valence-electron chi connectivity index (χ3n) is 6.66. The fourth-order valence-electron chi connectivity index (χ4n) is 4.74. The van der Waals surface area contributed by atoms with Gasteiger partial charge in [-0.05, 0) is 38.7 Å². The van der Waals surface area contributed by atoms with Crippen LogP contribution in [0.2, 0.25) is 0 Å². The summed E-state index contributed by atoms with van der Waals surface area (Å²) in [7, 11) is 7.95. The van der Waals surface area contributed by atoms with Crippen LogP contribution >= 0.6 is 0 Å². The van der Waals surface area contributed by atoms with Gasteiger partial charge in [0.25, 0.3) is 0 Å². The number of likely N-dealkylation sites (N-methyl/N-ethyl adjacent to an activating group) is 1. The zero-order valence-corrected chi connectivity index (χ0v) is 20.1. The van der Waals surface area contributed by atoms with E-state index in [1.807, 2.05) is 24.3 Å². The fourth-order valence-corrected chi connectivity index (χ4v) is 4.74. The molecule has 1 fully saturated rings. The first kappa shape index (κ1) is 22.0. The first-order chi connectivity index (χ1) is 16.4. The maximum Gasteiger partial charge on any atom is 0.227 e. The molecule has 1 aliphatic rings. The van der Waals surface area contributed by atoms with Crippen molar-refractivity contribution in [3.05, 3.63) is 54.9 Å². The van der Waals surface area contributed by atoms with Gasteiger partial charge < -0.3 is 30.2 Å². The fraction of sp³-hybridized carbons (Fsp3) is 0.308. The topological polar surface area (TPSA) is 84.5 Å². The molecule has 0 unspecified atom stereocenters. The second-order valence-corrected chi connectivity index (χ2v) is 9.02. The van der Waals surface area contributed by atoms with E-state index in [1.54, 1.807) is 13.3 Å². The Morgan fingerprint density at radius 1 is 1.18 bits per heavy atom. The minimum Gasteiger partial charge on any atom is -0.495 e. The number of nitrogen functional groups attached to an aromatic ring is 1. The van der Waals surface area contributed by atoms with Gasteiger partial charge in [0.2, 0.25) is 5.95 Å². The third kappa shape index (κ3) is 4.01. The van der Waals surface area contributed by atoms with E-state index in [4.69, 9.17) is 15.5 Å². The van der Waals surface area contributed by atoms with Gasteiger partial charge in [-0.2, -0.15) is 0 Å². The van der Waals surface area contributed by atoms with Gasteiger partial charge in [-0.15, -0.1) is 0 Å². The zero-order valence-electron chi connectivity index (χ0n) is 20.1. The van der Waals surface area contributed by atoms with Crippen molar-refractivity contribution in [1.29, 1.82) is 0 Å². The zero-order chi connectivity index (χ0) is 23.8. The minimum atomic E-state index is 0.502. The molecule has 8 nitrogen and oxygen atoms in total. The third-order valence-corrected chi connectivity index (χ3v) is 6.66. The van der Waals surface area contributed by atoms with E-state index in [0.29, 0.717) is 23.4 Å². The number of nitrogens with one attached hydrogen (secondary N) is 1. The number of benzene rings is 2. The molecule has 3 N–H and O–H groups in total. The smallest absolute Gasteiger partial charge is 0.227 e. The Kier molecular flexibility index (Phi) is 5.75. The molecule has 1 saturated heterocycles. The SMILES string of the molecule is COc1cc(N2CC[C@H](N(C)C)C2)c(Nc2nccc(-c3cn(C)c4ccccc34)n2)cc1N. The van der Waals surface area contributed by atoms with Gasteiger partial charge in [-0.3, -0.25) is 0 Å². The Hall–Kier alpha value is -3.78. The van der Waals surface area contributed by atoms with Gasteiger partial charge in [-0.25, -0.2) is 9.97 Å². The van der Waals surface area contributed by atoms with E-state index < -0.39 is 0 Å². The Morgan fingerprint density at radius 3 is 2.76 bits per heavy atom. The van der Waals surface area contributed by atoms with E-state index in [0.717, 1.165) is 47.5 Å². The number of fused-ring (bicyclic) bond motifs is 1. The predicted molar refractivity (Wildman–Crippen MR) is 139 cm³/mol. The summed E-state index contributed by atoms with van der Waals surface area (Å²) >= 11 is 0. The summed E-state index contributed by atoms with van der Waals surface area (Å²) in [6, 6.07) is 14.7. The van der Waals surface area contributed by atoms with Crippen LogP contribution in [-0.2, 0) is 7.05 Å². The summed E-state index contributed by atoms with van der Waals surface area (Å²) in [6.07, 6.45) is 5.00. The highest BCUT2D eigenvalue weighted by Gasteiger charge is 2.27. The summed E-state index contributed by atoms with van der Waals surface area (Å²) in [6.45, 7) is 1.90. The van der Waals surface area contributed by atoms with Crippen molar-refractivity contribution < 1.29 is 4.74 Å². The van der Waals surface area contributed by atoms with Crippen LogP contribution in [0.1, 0.15) is 6.42 Å². The van der Waals surface area contributed by atoms with Crippen LogP contribution in [0.3, 0.4) is 0 Å². The molecule has 5 rings (SSSR count). The van der Waals surface area contributed by atoms with Gasteiger partial charge in [-0.1, -0.05) is 18.2 Å². The molecule has 176 valence electrons. The second-order valence-electron chi connectivity index (χ2n) is 9.02. The molecule has 8 heteroatoms. The van der Waals surface area contributed by atoms with Crippen LogP contribution in [-0.4, -0.2) is 59.8 Å². The van der Waals surface area contributed by atoms with Gasteiger partial charge >= 0.3 is 0 Å². The van der Waals surface area contributed by atoms with Crippen LogP contribution < -0.4 is 20.7 Å². The van der Waals surface area contributed by atoms with Crippen LogP contribution in [0.5, 0.6) is 5.75 Å². The van der Waals surface area contributed by atoms with Gasteiger partial charge in [0.15, 0.2) is 0 Å². The number of ether oxygens (including phenoxy) is 1. The number of aryl methyl sites for hydroxylation is 1. The number of para-hydroxylation sites is 1. The van der Waals surface area contributed by atoms with E-state index >= 15 is 0 Å². The average Bonchev–Trinajstić information content (AvgIpc) is 3.45. The molecule has 1 atom stereocenters. The number of hydrogen-bond acceptors (Lipinski definition) is 7. The van der Waals surface area contributed by atoms with Crippen molar-refractivity contribution in [3.63, 3.8) is 0 Å². The lowest BCUT2D eigenvalue weighted by molar-refractivity contribution is 0.315. The normalized spacial score (nSPS) is 15.9. The quantitative estimate of drug-likeness (QED) is 0.422. The molecule has 1 aliphatic heterocycles. The molecule has 0 saturated carbocycles. The van der Waals surface area contributed by atoms with E-state index in [9.17, 15) is 0 Å². The molecule has 0 aliphatic carbocycles. The van der Waals surface area contributed by atoms with Crippen molar-refractivity contribution in [2.45, 2.75) is 12.5 Å². The number of anilines is 4. The van der Waals surface area contributed by atoms with Gasteiger partial charge in [0.1, 0.15) is 5.75 Å². The lowest BCUT2D eigenvalue weighted by Gasteiger charge is -2.25. The van der Waals surface area contributed by atoms with E-state index in [-0.39, 0.29) is 0 Å².